The topological polar surface area (TPSA) is 109 Å². The van der Waals surface area contributed by atoms with Crippen LogP contribution in [0.1, 0.15) is 36.0 Å². The van der Waals surface area contributed by atoms with E-state index in [0.29, 0.717) is 41.8 Å². The highest BCUT2D eigenvalue weighted by Gasteiger charge is 2.38. The van der Waals surface area contributed by atoms with Gasteiger partial charge in [-0.05, 0) is 85.3 Å². The number of carbonyl (C=O) groups is 1. The molecule has 2 aliphatic heterocycles. The van der Waals surface area contributed by atoms with Gasteiger partial charge >= 0.3 is 0 Å². The second kappa shape index (κ2) is 11.5. The Morgan fingerprint density at radius 2 is 1.66 bits per heavy atom. The molecule has 1 amide bonds. The third kappa shape index (κ3) is 5.79. The van der Waals surface area contributed by atoms with Gasteiger partial charge in [0.05, 0.1) is 0 Å². The van der Waals surface area contributed by atoms with E-state index in [2.05, 4.69) is 4.90 Å². The largest absolute Gasteiger partial charge is 0.457 e. The van der Waals surface area contributed by atoms with Gasteiger partial charge in [0.15, 0.2) is 0 Å². The van der Waals surface area contributed by atoms with Gasteiger partial charge in [-0.3, -0.25) is 10.2 Å². The summed E-state index contributed by atoms with van der Waals surface area (Å²) in [7, 11) is 0. The molecule has 0 aromatic heterocycles. The highest BCUT2D eigenvalue weighted by Crippen LogP contribution is 2.36. The summed E-state index contributed by atoms with van der Waals surface area (Å²) in [4.78, 5) is 18.0. The first-order valence-electron chi connectivity index (χ1n) is 13.2. The van der Waals surface area contributed by atoms with E-state index in [1.165, 1.54) is 0 Å². The Balaban J connectivity index is 1.35. The van der Waals surface area contributed by atoms with Crippen molar-refractivity contribution in [3.8, 4) is 11.5 Å². The van der Waals surface area contributed by atoms with Crippen LogP contribution in [0.5, 0.6) is 11.5 Å². The van der Waals surface area contributed by atoms with Crippen LogP contribution in [0.15, 0.2) is 66.7 Å². The van der Waals surface area contributed by atoms with Gasteiger partial charge in [0.1, 0.15) is 23.4 Å². The van der Waals surface area contributed by atoms with Crippen LogP contribution in [-0.2, 0) is 17.8 Å². The average Bonchev–Trinajstić information content (AvgIpc) is 3.28. The van der Waals surface area contributed by atoms with Crippen molar-refractivity contribution in [1.29, 1.82) is 5.41 Å². The van der Waals surface area contributed by atoms with Crippen molar-refractivity contribution in [2.45, 2.75) is 38.3 Å². The lowest BCUT2D eigenvalue weighted by atomic mass is 9.93. The standard InChI is InChI=1S/C30H34ClN5O2/c31-24-5-9-26(10-6-24)38-25-7-1-21(2-8-25)19-36-27-18-23(29(33)34)4-3-22(27)17-28(36)30(37)35-15-12-20(11-14-32)13-16-35/h1-10,18,20,28H,11-17,19,32H2,(H3,33,34). The van der Waals surface area contributed by atoms with Gasteiger partial charge in [-0.1, -0.05) is 35.9 Å². The molecular weight excluding hydrogens is 498 g/mol. The molecule has 1 atom stereocenters. The summed E-state index contributed by atoms with van der Waals surface area (Å²) in [6.45, 7) is 2.82. The summed E-state index contributed by atoms with van der Waals surface area (Å²) in [5, 5.41) is 8.58. The molecule has 5 rings (SSSR count). The summed E-state index contributed by atoms with van der Waals surface area (Å²) in [5.74, 6) is 2.23. The van der Waals surface area contributed by atoms with E-state index >= 15 is 0 Å². The second-order valence-corrected chi connectivity index (χ2v) is 10.6. The number of amidine groups is 1. The van der Waals surface area contributed by atoms with E-state index in [1.807, 2.05) is 59.5 Å². The minimum atomic E-state index is -0.289. The van der Waals surface area contributed by atoms with E-state index in [4.69, 9.17) is 33.2 Å². The summed E-state index contributed by atoms with van der Waals surface area (Å²) >= 11 is 5.97. The Labute approximate surface area is 228 Å². The number of fused-ring (bicyclic) bond motifs is 1. The Kier molecular flexibility index (Phi) is 7.86. The van der Waals surface area contributed by atoms with E-state index in [0.717, 1.165) is 54.9 Å². The van der Waals surface area contributed by atoms with Gasteiger partial charge in [0.2, 0.25) is 5.91 Å². The molecule has 0 aliphatic carbocycles. The lowest BCUT2D eigenvalue weighted by Gasteiger charge is -2.36. The normalized spacial score (nSPS) is 17.4. The van der Waals surface area contributed by atoms with Crippen molar-refractivity contribution < 1.29 is 9.53 Å². The molecule has 1 unspecified atom stereocenters. The molecule has 0 spiro atoms. The molecule has 5 N–H and O–H groups in total. The third-order valence-electron chi connectivity index (χ3n) is 7.61. The quantitative estimate of drug-likeness (QED) is 0.282. The Morgan fingerprint density at radius 3 is 2.29 bits per heavy atom. The molecule has 0 saturated carbocycles. The van der Waals surface area contributed by atoms with Gasteiger partial charge in [0, 0.05) is 42.3 Å². The summed E-state index contributed by atoms with van der Waals surface area (Å²) in [6.07, 6.45) is 3.68. The maximum Gasteiger partial charge on any atom is 0.245 e. The highest BCUT2D eigenvalue weighted by molar-refractivity contribution is 6.30. The van der Waals surface area contributed by atoms with Crippen molar-refractivity contribution in [3.63, 3.8) is 0 Å². The molecule has 2 aliphatic rings. The molecule has 8 heteroatoms. The number of nitrogen functional groups attached to an aromatic ring is 1. The maximum atomic E-state index is 13.8. The molecule has 0 radical (unpaired) electrons. The van der Waals surface area contributed by atoms with Crippen molar-refractivity contribution >= 4 is 29.0 Å². The van der Waals surface area contributed by atoms with E-state index in [-0.39, 0.29) is 17.8 Å². The highest BCUT2D eigenvalue weighted by atomic mass is 35.5. The summed E-state index contributed by atoms with van der Waals surface area (Å²) in [6, 6.07) is 20.7. The van der Waals surface area contributed by atoms with Gasteiger partial charge in [0.25, 0.3) is 0 Å². The second-order valence-electron chi connectivity index (χ2n) is 10.2. The summed E-state index contributed by atoms with van der Waals surface area (Å²) < 4.78 is 5.94. The number of benzene rings is 3. The molecular formula is C30H34ClN5O2. The fourth-order valence-electron chi connectivity index (χ4n) is 5.46. The van der Waals surface area contributed by atoms with E-state index in [9.17, 15) is 4.79 Å². The Morgan fingerprint density at radius 1 is 1.00 bits per heavy atom. The molecule has 1 saturated heterocycles. The predicted octanol–water partition coefficient (Wildman–Crippen LogP) is 4.94. The van der Waals surface area contributed by atoms with Crippen LogP contribution in [0.4, 0.5) is 5.69 Å². The molecule has 7 nitrogen and oxygen atoms in total. The number of hydrogen-bond acceptors (Lipinski definition) is 5. The SMILES string of the molecule is N=C(N)c1ccc2c(c1)N(Cc1ccc(Oc3ccc(Cl)cc3)cc1)C(C(=O)N1CCC(CCN)CC1)C2. The first-order chi connectivity index (χ1) is 18.4. The predicted molar refractivity (Wildman–Crippen MR) is 152 cm³/mol. The van der Waals surface area contributed by atoms with Gasteiger partial charge in [-0.15, -0.1) is 0 Å². The molecule has 198 valence electrons. The first kappa shape index (κ1) is 26.1. The van der Waals surface area contributed by atoms with Crippen molar-refractivity contribution in [2.24, 2.45) is 17.4 Å². The van der Waals surface area contributed by atoms with Crippen molar-refractivity contribution in [1.82, 2.24) is 4.90 Å². The fraction of sp³-hybridized carbons (Fsp3) is 0.333. The lowest BCUT2D eigenvalue weighted by molar-refractivity contribution is -0.133. The number of nitrogens with one attached hydrogen (secondary N) is 1. The zero-order valence-electron chi connectivity index (χ0n) is 21.4. The Hall–Kier alpha value is -3.55. The number of piperidine rings is 1. The smallest absolute Gasteiger partial charge is 0.245 e. The first-order valence-corrected chi connectivity index (χ1v) is 13.5. The molecule has 38 heavy (non-hydrogen) atoms. The van der Waals surface area contributed by atoms with Crippen LogP contribution in [0.2, 0.25) is 5.02 Å². The van der Waals surface area contributed by atoms with Crippen LogP contribution in [0.25, 0.3) is 0 Å². The minimum Gasteiger partial charge on any atom is -0.457 e. The maximum absolute atomic E-state index is 13.8. The van der Waals surface area contributed by atoms with Crippen LogP contribution >= 0.6 is 11.6 Å². The van der Waals surface area contributed by atoms with Gasteiger partial charge in [-0.2, -0.15) is 0 Å². The zero-order chi connectivity index (χ0) is 26.6. The minimum absolute atomic E-state index is 0.0215. The number of carbonyl (C=O) groups excluding carboxylic acids is 1. The molecule has 0 bridgehead atoms. The number of nitrogens with two attached hydrogens (primary N) is 2. The molecule has 2 heterocycles. The van der Waals surface area contributed by atoms with Crippen LogP contribution in [-0.4, -0.2) is 42.3 Å². The number of anilines is 1. The molecule has 3 aromatic rings. The number of rotatable bonds is 8. The molecule has 3 aromatic carbocycles. The van der Waals surface area contributed by atoms with Gasteiger partial charge < -0.3 is 26.0 Å². The van der Waals surface area contributed by atoms with Crippen LogP contribution in [0, 0.1) is 11.3 Å². The average molecular weight is 532 g/mol. The number of likely N-dealkylation sites (tertiary alicyclic amines) is 1. The summed E-state index contributed by atoms with van der Waals surface area (Å²) in [5.41, 5.74) is 15.4. The Bertz CT molecular complexity index is 1290. The van der Waals surface area contributed by atoms with Crippen LogP contribution < -0.4 is 21.1 Å². The fourth-order valence-corrected chi connectivity index (χ4v) is 5.59. The number of ether oxygens (including phenoxy) is 1. The number of nitrogens with zero attached hydrogens (tertiary/aromatic N) is 2. The van der Waals surface area contributed by atoms with Crippen molar-refractivity contribution in [3.05, 3.63) is 88.4 Å². The third-order valence-corrected chi connectivity index (χ3v) is 7.86. The monoisotopic (exact) mass is 531 g/mol. The number of hydrogen-bond donors (Lipinski definition) is 3. The lowest BCUT2D eigenvalue weighted by Crippen LogP contribution is -2.49. The van der Waals surface area contributed by atoms with E-state index in [1.54, 1.807) is 12.1 Å². The van der Waals surface area contributed by atoms with E-state index < -0.39 is 0 Å². The number of halogens is 1. The number of amides is 1. The van der Waals surface area contributed by atoms with Gasteiger partial charge in [-0.25, -0.2) is 0 Å². The van der Waals surface area contributed by atoms with Crippen LogP contribution in [0.3, 0.4) is 0 Å². The van der Waals surface area contributed by atoms with Crippen molar-refractivity contribution in [2.75, 3.05) is 24.5 Å². The zero-order valence-corrected chi connectivity index (χ0v) is 22.2. The molecule has 1 fully saturated rings.